The second kappa shape index (κ2) is 6.93. The van der Waals surface area contributed by atoms with Gasteiger partial charge in [-0.1, -0.05) is 36.4 Å². The summed E-state index contributed by atoms with van der Waals surface area (Å²) in [6, 6.07) is 17.5. The summed E-state index contributed by atoms with van der Waals surface area (Å²) >= 11 is 0. The Hall–Kier alpha value is -2.86. The molecule has 0 spiro atoms. The molecule has 0 saturated carbocycles. The Bertz CT molecular complexity index is 786. The minimum Gasteiger partial charge on any atom is -0.309 e. The molecule has 0 N–H and O–H groups in total. The fourth-order valence-electron chi connectivity index (χ4n) is 2.92. The van der Waals surface area contributed by atoms with Crippen molar-refractivity contribution in [3.8, 4) is 6.07 Å². The van der Waals surface area contributed by atoms with Gasteiger partial charge in [0.1, 0.15) is 0 Å². The molecule has 2 aromatic rings. The van der Waals surface area contributed by atoms with Crippen LogP contribution < -0.4 is 4.90 Å². The summed E-state index contributed by atoms with van der Waals surface area (Å²) in [5.41, 5.74) is 3.58. The summed E-state index contributed by atoms with van der Waals surface area (Å²) in [5.74, 6) is -0.0351. The zero-order chi connectivity index (χ0) is 16.1. The van der Waals surface area contributed by atoms with E-state index in [-0.39, 0.29) is 5.91 Å². The van der Waals surface area contributed by atoms with E-state index in [1.54, 1.807) is 18.2 Å². The lowest BCUT2D eigenvalue weighted by molar-refractivity contribution is -0.114. The number of para-hydroxylation sites is 1. The number of amides is 1. The SMILES string of the molecule is N#Cc1ccccc1/C=C\C(=O)N1CCCCc2ccccc21. The molecule has 0 aromatic heterocycles. The van der Waals surface area contributed by atoms with Gasteiger partial charge in [-0.05, 0) is 48.6 Å². The molecule has 3 rings (SSSR count). The second-order valence-corrected chi connectivity index (χ2v) is 5.61. The zero-order valence-electron chi connectivity index (χ0n) is 12.9. The molecule has 23 heavy (non-hydrogen) atoms. The number of anilines is 1. The van der Waals surface area contributed by atoms with E-state index in [9.17, 15) is 4.79 Å². The molecule has 3 nitrogen and oxygen atoms in total. The first kappa shape index (κ1) is 15.1. The summed E-state index contributed by atoms with van der Waals surface area (Å²) in [7, 11) is 0. The first-order valence-electron chi connectivity index (χ1n) is 7.86. The van der Waals surface area contributed by atoms with Crippen LogP contribution >= 0.6 is 0 Å². The topological polar surface area (TPSA) is 44.1 Å². The van der Waals surface area contributed by atoms with E-state index in [1.807, 2.05) is 41.3 Å². The number of aryl methyl sites for hydroxylation is 1. The first-order chi connectivity index (χ1) is 11.3. The van der Waals surface area contributed by atoms with Crippen LogP contribution in [0.5, 0.6) is 0 Å². The molecule has 1 aliphatic rings. The van der Waals surface area contributed by atoms with Crippen LogP contribution in [0.15, 0.2) is 54.6 Å². The van der Waals surface area contributed by atoms with Gasteiger partial charge < -0.3 is 4.90 Å². The van der Waals surface area contributed by atoms with E-state index in [1.165, 1.54) is 5.56 Å². The van der Waals surface area contributed by atoms with Crippen LogP contribution in [-0.4, -0.2) is 12.5 Å². The fraction of sp³-hybridized carbons (Fsp3) is 0.200. The van der Waals surface area contributed by atoms with Crippen molar-refractivity contribution >= 4 is 17.7 Å². The van der Waals surface area contributed by atoms with Crippen molar-refractivity contribution < 1.29 is 4.79 Å². The van der Waals surface area contributed by atoms with Gasteiger partial charge in [-0.3, -0.25) is 4.79 Å². The number of hydrogen-bond acceptors (Lipinski definition) is 2. The molecule has 2 aromatic carbocycles. The van der Waals surface area contributed by atoms with Gasteiger partial charge in [-0.2, -0.15) is 5.26 Å². The third kappa shape index (κ3) is 3.32. The van der Waals surface area contributed by atoms with Gasteiger partial charge >= 0.3 is 0 Å². The molecule has 0 saturated heterocycles. The van der Waals surface area contributed by atoms with Crippen molar-refractivity contribution in [3.63, 3.8) is 0 Å². The van der Waals surface area contributed by atoms with Gasteiger partial charge in [0.05, 0.1) is 11.6 Å². The van der Waals surface area contributed by atoms with Crippen LogP contribution in [0.3, 0.4) is 0 Å². The molecular formula is C20H18N2O. The minimum atomic E-state index is -0.0351. The summed E-state index contributed by atoms with van der Waals surface area (Å²) in [6.07, 6.45) is 6.42. The van der Waals surface area contributed by atoms with Crippen molar-refractivity contribution in [1.82, 2.24) is 0 Å². The van der Waals surface area contributed by atoms with E-state index in [0.29, 0.717) is 5.56 Å². The smallest absolute Gasteiger partial charge is 0.250 e. The Morgan fingerprint density at radius 1 is 1.09 bits per heavy atom. The summed E-state index contributed by atoms with van der Waals surface area (Å²) in [5, 5.41) is 9.12. The standard InChI is InChI=1S/C20H18N2O/c21-15-18-10-2-1-7-16(18)12-13-20(23)22-14-6-5-9-17-8-3-4-11-19(17)22/h1-4,7-8,10-13H,5-6,9,14H2/b13-12-. The van der Waals surface area contributed by atoms with Gasteiger partial charge in [0, 0.05) is 18.3 Å². The Kier molecular flexibility index (Phi) is 4.54. The molecule has 0 bridgehead atoms. The minimum absolute atomic E-state index is 0.0351. The molecule has 0 radical (unpaired) electrons. The molecule has 1 amide bonds. The van der Waals surface area contributed by atoms with Gasteiger partial charge in [-0.15, -0.1) is 0 Å². The van der Waals surface area contributed by atoms with Gasteiger partial charge in [-0.25, -0.2) is 0 Å². The Balaban J connectivity index is 1.86. The molecule has 1 heterocycles. The predicted octanol–water partition coefficient (Wildman–Crippen LogP) is 3.94. The van der Waals surface area contributed by atoms with Crippen molar-refractivity contribution in [2.24, 2.45) is 0 Å². The van der Waals surface area contributed by atoms with Gasteiger partial charge in [0.2, 0.25) is 0 Å². The van der Waals surface area contributed by atoms with E-state index >= 15 is 0 Å². The summed E-state index contributed by atoms with van der Waals surface area (Å²) < 4.78 is 0. The maximum absolute atomic E-state index is 12.6. The molecular weight excluding hydrogens is 284 g/mol. The monoisotopic (exact) mass is 302 g/mol. The first-order valence-corrected chi connectivity index (χ1v) is 7.86. The van der Waals surface area contributed by atoms with Gasteiger partial charge in [0.15, 0.2) is 0 Å². The average molecular weight is 302 g/mol. The summed E-state index contributed by atoms with van der Waals surface area (Å²) in [6.45, 7) is 0.736. The highest BCUT2D eigenvalue weighted by atomic mass is 16.2. The number of rotatable bonds is 2. The highest BCUT2D eigenvalue weighted by molar-refractivity contribution is 6.04. The second-order valence-electron chi connectivity index (χ2n) is 5.61. The summed E-state index contributed by atoms with van der Waals surface area (Å²) in [4.78, 5) is 14.5. The maximum atomic E-state index is 12.6. The third-order valence-electron chi connectivity index (χ3n) is 4.11. The highest BCUT2D eigenvalue weighted by Crippen LogP contribution is 2.26. The Labute approximate surface area is 136 Å². The third-order valence-corrected chi connectivity index (χ3v) is 4.11. The van der Waals surface area contributed by atoms with Crippen molar-refractivity contribution in [3.05, 3.63) is 71.3 Å². The number of hydrogen-bond donors (Lipinski definition) is 0. The number of nitriles is 1. The number of benzene rings is 2. The van der Waals surface area contributed by atoms with E-state index in [2.05, 4.69) is 12.1 Å². The van der Waals surface area contributed by atoms with Crippen LogP contribution in [0.25, 0.3) is 6.08 Å². The molecule has 3 heteroatoms. The lowest BCUT2D eigenvalue weighted by atomic mass is 10.1. The zero-order valence-corrected chi connectivity index (χ0v) is 12.9. The number of carbonyl (C=O) groups excluding carboxylic acids is 1. The van der Waals surface area contributed by atoms with Crippen LogP contribution in [0, 0.1) is 11.3 Å². The number of nitrogens with zero attached hydrogens (tertiary/aromatic N) is 2. The van der Waals surface area contributed by atoms with E-state index in [0.717, 1.165) is 37.1 Å². The van der Waals surface area contributed by atoms with Crippen molar-refractivity contribution in [1.29, 1.82) is 5.26 Å². The maximum Gasteiger partial charge on any atom is 0.250 e. The molecule has 0 aliphatic carbocycles. The quantitative estimate of drug-likeness (QED) is 0.789. The van der Waals surface area contributed by atoms with E-state index < -0.39 is 0 Å². The predicted molar refractivity (Wildman–Crippen MR) is 91.9 cm³/mol. The lowest BCUT2D eigenvalue weighted by Gasteiger charge is -2.21. The Morgan fingerprint density at radius 2 is 1.87 bits per heavy atom. The molecule has 114 valence electrons. The fourth-order valence-corrected chi connectivity index (χ4v) is 2.92. The average Bonchev–Trinajstić information content (AvgIpc) is 2.82. The van der Waals surface area contributed by atoms with Crippen LogP contribution in [0.1, 0.15) is 29.5 Å². The molecule has 0 atom stereocenters. The lowest BCUT2D eigenvalue weighted by Crippen LogP contribution is -2.30. The van der Waals surface area contributed by atoms with Crippen LogP contribution in [0.4, 0.5) is 5.69 Å². The molecule has 1 aliphatic heterocycles. The van der Waals surface area contributed by atoms with Crippen molar-refractivity contribution in [2.45, 2.75) is 19.3 Å². The van der Waals surface area contributed by atoms with E-state index in [4.69, 9.17) is 5.26 Å². The van der Waals surface area contributed by atoms with Crippen molar-refractivity contribution in [2.75, 3.05) is 11.4 Å². The number of fused-ring (bicyclic) bond motifs is 1. The Morgan fingerprint density at radius 3 is 2.74 bits per heavy atom. The van der Waals surface area contributed by atoms with Crippen LogP contribution in [0.2, 0.25) is 0 Å². The van der Waals surface area contributed by atoms with Gasteiger partial charge in [0.25, 0.3) is 5.91 Å². The normalized spacial score (nSPS) is 14.1. The number of carbonyl (C=O) groups is 1. The largest absolute Gasteiger partial charge is 0.309 e. The van der Waals surface area contributed by atoms with Crippen LogP contribution in [-0.2, 0) is 11.2 Å². The molecule has 0 unspecified atom stereocenters. The highest BCUT2D eigenvalue weighted by Gasteiger charge is 2.18. The molecule has 0 fully saturated rings.